The van der Waals surface area contributed by atoms with Crippen LogP contribution in [0.3, 0.4) is 0 Å². The van der Waals surface area contributed by atoms with Crippen molar-refractivity contribution in [3.8, 4) is 0 Å². The lowest BCUT2D eigenvalue weighted by Gasteiger charge is -2.46. The van der Waals surface area contributed by atoms with Crippen molar-refractivity contribution in [1.82, 2.24) is 0 Å². The predicted octanol–water partition coefficient (Wildman–Crippen LogP) is 5.22. The largest absolute Gasteiger partial charge is 0.379 e. The van der Waals surface area contributed by atoms with Crippen LogP contribution in [0.15, 0.2) is 51.9 Å². The van der Waals surface area contributed by atoms with Gasteiger partial charge in [-0.3, -0.25) is 4.99 Å². The highest BCUT2D eigenvalue weighted by Gasteiger charge is 2.58. The van der Waals surface area contributed by atoms with E-state index in [1.165, 1.54) is 35.1 Å². The fourth-order valence-electron chi connectivity index (χ4n) is 5.55. The van der Waals surface area contributed by atoms with E-state index >= 15 is 0 Å². The molecule has 2 aromatic carbocycles. The Morgan fingerprint density at radius 1 is 0.962 bits per heavy atom. The number of benzene rings is 2. The fraction of sp³-hybridized carbons (Fsp3) is 0.409. The average molecular weight is 427 g/mol. The number of rotatable bonds is 0. The zero-order chi connectivity index (χ0) is 17.8. The molecule has 0 radical (unpaired) electrons. The standard InChI is InChI=1S/C22H23BrN2S/c23-18-6-5-17-14-21(9-7-15-3-1-2-4-16(15)8-10-21)22(19(17)13-18)11-12-26-20(24)25-22/h1-6,13H,7-12,14H2,(H2,24,25). The lowest BCUT2D eigenvalue weighted by atomic mass is 9.64. The van der Waals surface area contributed by atoms with Gasteiger partial charge in [0.15, 0.2) is 5.17 Å². The number of halogens is 1. The first-order valence-electron chi connectivity index (χ1n) is 9.46. The molecule has 4 heteroatoms. The Bertz CT molecular complexity index is 880. The number of thioether (sulfide) groups is 1. The van der Waals surface area contributed by atoms with Gasteiger partial charge < -0.3 is 5.73 Å². The van der Waals surface area contributed by atoms with Crippen LogP contribution in [0.1, 0.15) is 41.5 Å². The summed E-state index contributed by atoms with van der Waals surface area (Å²) in [5.41, 5.74) is 12.3. The van der Waals surface area contributed by atoms with Crippen LogP contribution in [0.4, 0.5) is 0 Å². The number of hydrogen-bond acceptors (Lipinski definition) is 3. The van der Waals surface area contributed by atoms with Crippen LogP contribution in [-0.2, 0) is 24.8 Å². The van der Waals surface area contributed by atoms with Gasteiger partial charge in [-0.1, -0.05) is 58.0 Å². The number of aliphatic imine (C=N–C) groups is 1. The van der Waals surface area contributed by atoms with Gasteiger partial charge in [0.25, 0.3) is 0 Å². The van der Waals surface area contributed by atoms with Crippen LogP contribution in [0.2, 0.25) is 0 Å². The van der Waals surface area contributed by atoms with E-state index in [1.807, 2.05) is 0 Å². The number of amidine groups is 1. The highest BCUT2D eigenvalue weighted by atomic mass is 79.9. The Labute approximate surface area is 167 Å². The molecule has 2 spiro atoms. The number of aryl methyl sites for hydroxylation is 2. The molecule has 0 amide bonds. The number of fused-ring (bicyclic) bond motifs is 4. The molecule has 5 rings (SSSR count). The molecule has 2 aromatic rings. The number of nitrogens with two attached hydrogens (primary N) is 1. The summed E-state index contributed by atoms with van der Waals surface area (Å²) in [6.07, 6.45) is 6.91. The van der Waals surface area contributed by atoms with E-state index in [0.29, 0.717) is 0 Å². The van der Waals surface area contributed by atoms with Crippen molar-refractivity contribution in [1.29, 1.82) is 0 Å². The Hall–Kier alpha value is -1.26. The average Bonchev–Trinajstić information content (AvgIpc) is 2.78. The molecule has 2 aliphatic carbocycles. The third-order valence-electron chi connectivity index (χ3n) is 6.80. The molecular weight excluding hydrogens is 404 g/mol. The van der Waals surface area contributed by atoms with Crippen LogP contribution in [0, 0.1) is 5.41 Å². The van der Waals surface area contributed by atoms with E-state index in [1.54, 1.807) is 11.8 Å². The minimum Gasteiger partial charge on any atom is -0.379 e. The van der Waals surface area contributed by atoms with E-state index in [4.69, 9.17) is 10.7 Å². The van der Waals surface area contributed by atoms with E-state index in [0.717, 1.165) is 41.1 Å². The smallest absolute Gasteiger partial charge is 0.154 e. The maximum absolute atomic E-state index is 6.30. The van der Waals surface area contributed by atoms with Crippen molar-refractivity contribution in [3.05, 3.63) is 69.2 Å². The first-order chi connectivity index (χ1) is 12.6. The SMILES string of the molecule is NC1=NC2(CCS1)c1cc(Br)ccc1CC21CCc2ccccc2CC1. The van der Waals surface area contributed by atoms with Gasteiger partial charge in [0.1, 0.15) is 0 Å². The Morgan fingerprint density at radius 2 is 1.69 bits per heavy atom. The molecule has 0 aromatic heterocycles. The third kappa shape index (κ3) is 2.41. The van der Waals surface area contributed by atoms with E-state index in [-0.39, 0.29) is 11.0 Å². The van der Waals surface area contributed by atoms with Crippen LogP contribution < -0.4 is 5.73 Å². The fourth-order valence-corrected chi connectivity index (χ4v) is 6.74. The second-order valence-corrected chi connectivity index (χ2v) is 9.97. The van der Waals surface area contributed by atoms with Gasteiger partial charge in [-0.05, 0) is 72.9 Å². The van der Waals surface area contributed by atoms with Gasteiger partial charge in [-0.2, -0.15) is 0 Å². The van der Waals surface area contributed by atoms with E-state index in [2.05, 4.69) is 58.4 Å². The predicted molar refractivity (Wildman–Crippen MR) is 114 cm³/mol. The summed E-state index contributed by atoms with van der Waals surface area (Å²) in [6.45, 7) is 0. The summed E-state index contributed by atoms with van der Waals surface area (Å²) in [6, 6.07) is 15.8. The molecule has 0 bridgehead atoms. The van der Waals surface area contributed by atoms with E-state index in [9.17, 15) is 0 Å². The molecule has 2 N–H and O–H groups in total. The maximum atomic E-state index is 6.30. The zero-order valence-corrected chi connectivity index (χ0v) is 17.2. The molecule has 26 heavy (non-hydrogen) atoms. The summed E-state index contributed by atoms with van der Waals surface area (Å²) >= 11 is 5.41. The van der Waals surface area contributed by atoms with Gasteiger partial charge in [0.2, 0.25) is 0 Å². The molecule has 1 heterocycles. The van der Waals surface area contributed by atoms with Crippen molar-refractivity contribution in [2.24, 2.45) is 16.1 Å². The number of nitrogens with zero attached hydrogens (tertiary/aromatic N) is 1. The molecule has 1 aliphatic heterocycles. The van der Waals surface area contributed by atoms with Gasteiger partial charge in [0, 0.05) is 15.6 Å². The van der Waals surface area contributed by atoms with Crippen LogP contribution in [-0.4, -0.2) is 10.9 Å². The Kier molecular flexibility index (Phi) is 3.98. The topological polar surface area (TPSA) is 38.4 Å². The van der Waals surface area contributed by atoms with Gasteiger partial charge in [-0.15, -0.1) is 0 Å². The minimum absolute atomic E-state index is 0.149. The quantitative estimate of drug-likeness (QED) is 0.626. The molecule has 1 unspecified atom stereocenters. The van der Waals surface area contributed by atoms with Crippen LogP contribution in [0.5, 0.6) is 0 Å². The van der Waals surface area contributed by atoms with Crippen molar-refractivity contribution >= 4 is 32.9 Å². The molecule has 0 saturated heterocycles. The van der Waals surface area contributed by atoms with Crippen molar-refractivity contribution in [3.63, 3.8) is 0 Å². The minimum atomic E-state index is -0.149. The Morgan fingerprint density at radius 3 is 2.38 bits per heavy atom. The normalized spacial score (nSPS) is 26.3. The van der Waals surface area contributed by atoms with Gasteiger partial charge in [-0.25, -0.2) is 0 Å². The summed E-state index contributed by atoms with van der Waals surface area (Å²) < 4.78 is 1.15. The Balaban J connectivity index is 1.66. The number of hydrogen-bond donors (Lipinski definition) is 1. The second kappa shape index (κ2) is 6.13. The highest BCUT2D eigenvalue weighted by Crippen LogP contribution is 2.61. The van der Waals surface area contributed by atoms with Gasteiger partial charge >= 0.3 is 0 Å². The third-order valence-corrected chi connectivity index (χ3v) is 8.09. The first kappa shape index (κ1) is 16.9. The molecule has 3 aliphatic rings. The maximum Gasteiger partial charge on any atom is 0.154 e. The second-order valence-electron chi connectivity index (χ2n) is 7.94. The molecule has 2 nitrogen and oxygen atoms in total. The summed E-state index contributed by atoms with van der Waals surface area (Å²) in [4.78, 5) is 5.21. The molecule has 0 fully saturated rings. The lowest BCUT2D eigenvalue weighted by molar-refractivity contribution is 0.114. The zero-order valence-electron chi connectivity index (χ0n) is 14.8. The van der Waals surface area contributed by atoms with Gasteiger partial charge in [0.05, 0.1) is 5.54 Å². The van der Waals surface area contributed by atoms with Crippen molar-refractivity contribution in [2.45, 2.75) is 44.1 Å². The molecule has 0 saturated carbocycles. The van der Waals surface area contributed by atoms with E-state index < -0.39 is 0 Å². The van der Waals surface area contributed by atoms with Crippen molar-refractivity contribution < 1.29 is 0 Å². The first-order valence-corrected chi connectivity index (χ1v) is 11.2. The summed E-state index contributed by atoms with van der Waals surface area (Å²) in [7, 11) is 0. The summed E-state index contributed by atoms with van der Waals surface area (Å²) in [5, 5.41) is 0.769. The molecule has 1 atom stereocenters. The van der Waals surface area contributed by atoms with Crippen molar-refractivity contribution in [2.75, 3.05) is 5.75 Å². The summed E-state index contributed by atoms with van der Waals surface area (Å²) in [5.74, 6) is 1.07. The highest BCUT2D eigenvalue weighted by molar-refractivity contribution is 9.10. The monoisotopic (exact) mass is 426 g/mol. The van der Waals surface area contributed by atoms with Crippen LogP contribution in [0.25, 0.3) is 0 Å². The molecular formula is C22H23BrN2S. The molecule has 134 valence electrons. The van der Waals surface area contributed by atoms with Crippen LogP contribution >= 0.6 is 27.7 Å². The lowest BCUT2D eigenvalue weighted by Crippen LogP contribution is -2.45.